The fourth-order valence-electron chi connectivity index (χ4n) is 2.58. The molecule has 1 aromatic rings. The number of hydrogen-bond donors (Lipinski definition) is 1. The van der Waals surface area contributed by atoms with Crippen LogP contribution >= 0.6 is 11.6 Å². The first-order valence-corrected chi connectivity index (χ1v) is 8.01. The van der Waals surface area contributed by atoms with Gasteiger partial charge in [0.25, 0.3) is 0 Å². The van der Waals surface area contributed by atoms with Gasteiger partial charge in [-0.1, -0.05) is 25.4 Å². The second kappa shape index (κ2) is 7.43. The Morgan fingerprint density at radius 1 is 1.38 bits per heavy atom. The zero-order valence-electron chi connectivity index (χ0n) is 13.2. The lowest BCUT2D eigenvalue weighted by molar-refractivity contribution is -0.0729. The largest absolute Gasteiger partial charge is 0.474 e. The molecule has 0 spiro atoms. The maximum Gasteiger partial charge on any atom is 0.213 e. The third-order valence-electron chi connectivity index (χ3n) is 3.55. The summed E-state index contributed by atoms with van der Waals surface area (Å²) in [6.45, 7) is 9.10. The minimum absolute atomic E-state index is 0.156. The average molecular weight is 313 g/mol. The predicted molar refractivity (Wildman–Crippen MR) is 84.9 cm³/mol. The summed E-state index contributed by atoms with van der Waals surface area (Å²) in [5.74, 6) is 0.645. The van der Waals surface area contributed by atoms with Gasteiger partial charge < -0.3 is 14.8 Å². The van der Waals surface area contributed by atoms with Gasteiger partial charge in [0.15, 0.2) is 0 Å². The highest BCUT2D eigenvalue weighted by Gasteiger charge is 2.26. The van der Waals surface area contributed by atoms with Crippen molar-refractivity contribution in [2.45, 2.75) is 71.4 Å². The molecule has 1 aliphatic rings. The highest BCUT2D eigenvalue weighted by atomic mass is 35.5. The highest BCUT2D eigenvalue weighted by Crippen LogP contribution is 2.25. The average Bonchev–Trinajstić information content (AvgIpc) is 2.38. The van der Waals surface area contributed by atoms with E-state index >= 15 is 0 Å². The van der Waals surface area contributed by atoms with Crippen LogP contribution in [0.4, 0.5) is 0 Å². The number of halogens is 1. The Balaban J connectivity index is 2.01. The molecule has 1 fully saturated rings. The second-order valence-corrected chi connectivity index (χ2v) is 6.53. The van der Waals surface area contributed by atoms with Gasteiger partial charge in [-0.15, -0.1) is 0 Å². The zero-order chi connectivity index (χ0) is 15.4. The number of ether oxygens (including phenoxy) is 2. The van der Waals surface area contributed by atoms with Crippen molar-refractivity contribution in [2.75, 3.05) is 0 Å². The second-order valence-electron chi connectivity index (χ2n) is 6.12. The molecule has 0 aliphatic carbocycles. The minimum Gasteiger partial charge on any atom is -0.474 e. The molecular weight excluding hydrogens is 288 g/mol. The lowest BCUT2D eigenvalue weighted by Crippen LogP contribution is -2.35. The van der Waals surface area contributed by atoms with Gasteiger partial charge in [0.1, 0.15) is 6.10 Å². The molecule has 0 bridgehead atoms. The van der Waals surface area contributed by atoms with Crippen LogP contribution in [0, 0.1) is 0 Å². The van der Waals surface area contributed by atoms with Gasteiger partial charge >= 0.3 is 0 Å². The molecule has 0 amide bonds. The van der Waals surface area contributed by atoms with Crippen LogP contribution in [0.2, 0.25) is 5.02 Å². The Bertz CT molecular complexity index is 458. The number of aromatic nitrogens is 1. The molecule has 2 unspecified atom stereocenters. The van der Waals surface area contributed by atoms with Crippen LogP contribution in [0.15, 0.2) is 12.3 Å². The molecule has 1 N–H and O–H groups in total. The number of rotatable bonds is 5. The molecule has 0 radical (unpaired) electrons. The summed E-state index contributed by atoms with van der Waals surface area (Å²) in [7, 11) is 0. The SMILES string of the molecule is CC(C)NCc1cc(OC2CC(C)OC(C)C2)ncc1Cl. The van der Waals surface area contributed by atoms with Crippen LogP contribution in [0.3, 0.4) is 0 Å². The van der Waals surface area contributed by atoms with Crippen molar-refractivity contribution in [3.05, 3.63) is 22.8 Å². The van der Waals surface area contributed by atoms with E-state index < -0.39 is 0 Å². The number of nitrogens with zero attached hydrogens (tertiary/aromatic N) is 1. The molecule has 118 valence electrons. The molecule has 1 aliphatic heterocycles. The topological polar surface area (TPSA) is 43.4 Å². The molecule has 1 aromatic heterocycles. The van der Waals surface area contributed by atoms with Gasteiger partial charge in [0.2, 0.25) is 5.88 Å². The van der Waals surface area contributed by atoms with Crippen LogP contribution < -0.4 is 10.1 Å². The summed E-state index contributed by atoms with van der Waals surface area (Å²) in [4.78, 5) is 4.29. The molecule has 2 heterocycles. The molecular formula is C16H25ClN2O2. The summed E-state index contributed by atoms with van der Waals surface area (Å²) in [5, 5.41) is 4.03. The van der Waals surface area contributed by atoms with Gasteiger partial charge in [0.05, 0.1) is 17.2 Å². The summed E-state index contributed by atoms with van der Waals surface area (Å²) in [6.07, 6.45) is 4.08. The fraction of sp³-hybridized carbons (Fsp3) is 0.688. The predicted octanol–water partition coefficient (Wildman–Crippen LogP) is 3.57. The van der Waals surface area contributed by atoms with Gasteiger partial charge in [-0.3, -0.25) is 0 Å². The summed E-state index contributed by atoms with van der Waals surface area (Å²) in [5.41, 5.74) is 1.02. The van der Waals surface area contributed by atoms with Crippen LogP contribution in [-0.4, -0.2) is 29.3 Å². The van der Waals surface area contributed by atoms with Crippen molar-refractivity contribution < 1.29 is 9.47 Å². The Hall–Kier alpha value is -0.840. The quantitative estimate of drug-likeness (QED) is 0.902. The molecule has 5 heteroatoms. The maximum atomic E-state index is 6.19. The van der Waals surface area contributed by atoms with Crippen LogP contribution in [0.5, 0.6) is 5.88 Å². The van der Waals surface area contributed by atoms with Gasteiger partial charge in [0, 0.05) is 37.7 Å². The van der Waals surface area contributed by atoms with Crippen molar-refractivity contribution in [1.82, 2.24) is 10.3 Å². The van der Waals surface area contributed by atoms with E-state index in [1.165, 1.54) is 0 Å². The van der Waals surface area contributed by atoms with Crippen LogP contribution in [0.1, 0.15) is 46.1 Å². The fourth-order valence-corrected chi connectivity index (χ4v) is 2.75. The first-order chi connectivity index (χ1) is 9.94. The zero-order valence-corrected chi connectivity index (χ0v) is 14.0. The van der Waals surface area contributed by atoms with Crippen molar-refractivity contribution in [3.8, 4) is 5.88 Å². The first-order valence-electron chi connectivity index (χ1n) is 7.64. The van der Waals surface area contributed by atoms with Crippen molar-refractivity contribution in [2.24, 2.45) is 0 Å². The lowest BCUT2D eigenvalue weighted by Gasteiger charge is -2.32. The van der Waals surface area contributed by atoms with Crippen LogP contribution in [0.25, 0.3) is 0 Å². The Labute approximate surface area is 132 Å². The molecule has 0 aromatic carbocycles. The minimum atomic E-state index is 0.156. The Kier molecular flexibility index (Phi) is 5.85. The lowest BCUT2D eigenvalue weighted by atomic mass is 10.0. The Morgan fingerprint density at radius 3 is 2.67 bits per heavy atom. The molecule has 4 nitrogen and oxygen atoms in total. The molecule has 2 rings (SSSR count). The van der Waals surface area contributed by atoms with E-state index in [9.17, 15) is 0 Å². The smallest absolute Gasteiger partial charge is 0.213 e. The third kappa shape index (κ3) is 5.13. The van der Waals surface area contributed by atoms with E-state index in [4.69, 9.17) is 21.1 Å². The molecule has 0 saturated carbocycles. The van der Waals surface area contributed by atoms with E-state index in [2.05, 4.69) is 38.0 Å². The van der Waals surface area contributed by atoms with Crippen molar-refractivity contribution in [3.63, 3.8) is 0 Å². The summed E-state index contributed by atoms with van der Waals surface area (Å²) in [6, 6.07) is 2.35. The molecule has 1 saturated heterocycles. The standard InChI is InChI=1S/C16H25ClN2O2/c1-10(2)18-8-13-7-16(19-9-15(13)17)21-14-5-11(3)20-12(4)6-14/h7,9-12,14,18H,5-6,8H2,1-4H3. The normalized spacial score (nSPS) is 26.1. The summed E-state index contributed by atoms with van der Waals surface area (Å²) < 4.78 is 11.8. The van der Waals surface area contributed by atoms with E-state index in [0.29, 0.717) is 16.9 Å². The van der Waals surface area contributed by atoms with E-state index in [1.54, 1.807) is 6.20 Å². The Morgan fingerprint density at radius 2 is 2.05 bits per heavy atom. The van der Waals surface area contributed by atoms with E-state index in [1.807, 2.05) is 6.07 Å². The molecule has 21 heavy (non-hydrogen) atoms. The van der Waals surface area contributed by atoms with Gasteiger partial charge in [-0.05, 0) is 19.4 Å². The van der Waals surface area contributed by atoms with E-state index in [-0.39, 0.29) is 18.3 Å². The third-order valence-corrected chi connectivity index (χ3v) is 3.89. The molecule has 2 atom stereocenters. The number of pyridine rings is 1. The number of hydrogen-bond acceptors (Lipinski definition) is 4. The summed E-state index contributed by atoms with van der Waals surface area (Å²) >= 11 is 6.19. The number of nitrogens with one attached hydrogen (secondary N) is 1. The first kappa shape index (κ1) is 16.5. The monoisotopic (exact) mass is 312 g/mol. The maximum absolute atomic E-state index is 6.19. The van der Waals surface area contributed by atoms with Crippen molar-refractivity contribution in [1.29, 1.82) is 0 Å². The van der Waals surface area contributed by atoms with Gasteiger partial charge in [-0.25, -0.2) is 4.98 Å². The van der Waals surface area contributed by atoms with Gasteiger partial charge in [-0.2, -0.15) is 0 Å². The van der Waals surface area contributed by atoms with E-state index in [0.717, 1.165) is 24.9 Å². The highest BCUT2D eigenvalue weighted by molar-refractivity contribution is 6.31. The van der Waals surface area contributed by atoms with Crippen LogP contribution in [-0.2, 0) is 11.3 Å². The van der Waals surface area contributed by atoms with Crippen molar-refractivity contribution >= 4 is 11.6 Å².